The molecule has 0 fully saturated rings. The Labute approximate surface area is 122 Å². The normalized spacial score (nSPS) is 12.6. The average Bonchev–Trinajstić information content (AvgIpc) is 2.24. The third-order valence-corrected chi connectivity index (χ3v) is 2.44. The molecule has 0 aromatic heterocycles. The lowest BCUT2D eigenvalue weighted by Crippen LogP contribution is -2.27. The van der Waals surface area contributed by atoms with Crippen molar-refractivity contribution in [2.24, 2.45) is 5.73 Å². The van der Waals surface area contributed by atoms with Crippen LogP contribution in [-0.2, 0) is 9.53 Å². The van der Waals surface area contributed by atoms with Gasteiger partial charge in [0, 0.05) is 17.3 Å². The molecule has 0 radical (unpaired) electrons. The number of carboxylic acids is 1. The van der Waals surface area contributed by atoms with Gasteiger partial charge in [-0.25, -0.2) is 9.18 Å². The maximum Gasteiger partial charge on any atom is 0.412 e. The Kier molecular flexibility index (Phi) is 5.26. The number of nitrogens with one attached hydrogen (secondary N) is 1. The zero-order valence-corrected chi connectivity index (χ0v) is 12.1. The number of ether oxygens (including phenoxy) is 1. The molecule has 0 saturated carbocycles. The van der Waals surface area contributed by atoms with Crippen LogP contribution in [-0.4, -0.2) is 22.8 Å². The van der Waals surface area contributed by atoms with Gasteiger partial charge in [0.05, 0.1) is 6.42 Å². The minimum absolute atomic E-state index is 0.0761. The van der Waals surface area contributed by atoms with E-state index in [1.54, 1.807) is 20.8 Å². The van der Waals surface area contributed by atoms with E-state index in [2.05, 4.69) is 5.32 Å². The fourth-order valence-corrected chi connectivity index (χ4v) is 1.63. The summed E-state index contributed by atoms with van der Waals surface area (Å²) in [5.41, 5.74) is 5.22. The molecule has 6 nitrogen and oxygen atoms in total. The van der Waals surface area contributed by atoms with E-state index < -0.39 is 29.5 Å². The highest BCUT2D eigenvalue weighted by Gasteiger charge is 2.18. The van der Waals surface area contributed by atoms with Crippen LogP contribution < -0.4 is 11.1 Å². The summed E-state index contributed by atoms with van der Waals surface area (Å²) < 4.78 is 18.9. The van der Waals surface area contributed by atoms with E-state index in [9.17, 15) is 14.0 Å². The molecular formula is C14H19FN2O4. The molecule has 0 aliphatic heterocycles. The van der Waals surface area contributed by atoms with Gasteiger partial charge in [0.25, 0.3) is 0 Å². The standard InChI is InChI=1S/C14H19FN2O4/c1-14(2,3)21-13(20)17-8-4-5-9(10(15)6-8)11(16)7-12(18)19/h4-6,11H,7,16H2,1-3H3,(H,17,20)(H,18,19). The molecule has 0 aliphatic rings. The minimum atomic E-state index is -1.11. The van der Waals surface area contributed by atoms with E-state index in [1.807, 2.05) is 0 Å². The lowest BCUT2D eigenvalue weighted by Gasteiger charge is -2.20. The molecule has 1 aromatic rings. The zero-order chi connectivity index (χ0) is 16.2. The van der Waals surface area contributed by atoms with E-state index in [1.165, 1.54) is 12.1 Å². The number of rotatable bonds is 4. The molecule has 0 aliphatic carbocycles. The number of carbonyl (C=O) groups excluding carboxylic acids is 1. The van der Waals surface area contributed by atoms with Gasteiger partial charge in [-0.3, -0.25) is 10.1 Å². The highest BCUT2D eigenvalue weighted by atomic mass is 19.1. The number of hydrogen-bond acceptors (Lipinski definition) is 4. The molecule has 1 rings (SSSR count). The van der Waals surface area contributed by atoms with Gasteiger partial charge in [0.2, 0.25) is 0 Å². The molecule has 1 atom stereocenters. The van der Waals surface area contributed by atoms with E-state index >= 15 is 0 Å². The maximum atomic E-state index is 13.9. The molecule has 1 aromatic carbocycles. The summed E-state index contributed by atoms with van der Waals surface area (Å²) in [4.78, 5) is 22.1. The topological polar surface area (TPSA) is 102 Å². The van der Waals surface area contributed by atoms with Gasteiger partial charge in [-0.15, -0.1) is 0 Å². The van der Waals surface area contributed by atoms with Gasteiger partial charge in [0.15, 0.2) is 0 Å². The number of benzene rings is 1. The summed E-state index contributed by atoms with van der Waals surface area (Å²) in [6.07, 6.45) is -1.08. The Hall–Kier alpha value is -2.15. The van der Waals surface area contributed by atoms with Crippen LogP contribution in [0.1, 0.15) is 38.8 Å². The second-order valence-electron chi connectivity index (χ2n) is 5.57. The molecule has 0 bridgehead atoms. The first-order valence-electron chi connectivity index (χ1n) is 6.35. The van der Waals surface area contributed by atoms with Crippen LogP contribution >= 0.6 is 0 Å². The molecule has 21 heavy (non-hydrogen) atoms. The predicted molar refractivity (Wildman–Crippen MR) is 75.4 cm³/mol. The molecule has 0 heterocycles. The highest BCUT2D eigenvalue weighted by molar-refractivity contribution is 5.84. The van der Waals surface area contributed by atoms with Crippen molar-refractivity contribution in [2.75, 3.05) is 5.32 Å². The molecule has 1 unspecified atom stereocenters. The quantitative estimate of drug-likeness (QED) is 0.793. The summed E-state index contributed by atoms with van der Waals surface area (Å²) in [6, 6.07) is 2.90. The first-order valence-corrected chi connectivity index (χ1v) is 6.35. The number of anilines is 1. The lowest BCUT2D eigenvalue weighted by molar-refractivity contribution is -0.137. The molecule has 7 heteroatoms. The smallest absolute Gasteiger partial charge is 0.412 e. The second kappa shape index (κ2) is 6.53. The number of amides is 1. The summed E-state index contributed by atoms with van der Waals surface area (Å²) in [7, 11) is 0. The Morgan fingerprint density at radius 2 is 2.05 bits per heavy atom. The van der Waals surface area contributed by atoms with Crippen molar-refractivity contribution in [3.63, 3.8) is 0 Å². The van der Waals surface area contributed by atoms with Crippen LogP contribution in [0.5, 0.6) is 0 Å². The number of hydrogen-bond donors (Lipinski definition) is 3. The van der Waals surface area contributed by atoms with E-state index in [-0.39, 0.29) is 17.7 Å². The van der Waals surface area contributed by atoms with Crippen LogP contribution in [0.2, 0.25) is 0 Å². The van der Waals surface area contributed by atoms with E-state index in [0.29, 0.717) is 0 Å². The molecular weight excluding hydrogens is 279 g/mol. The van der Waals surface area contributed by atoms with Crippen LogP contribution in [0.25, 0.3) is 0 Å². The Morgan fingerprint density at radius 3 is 2.52 bits per heavy atom. The Balaban J connectivity index is 2.78. The van der Waals surface area contributed by atoms with Gasteiger partial charge in [-0.05, 0) is 32.9 Å². The minimum Gasteiger partial charge on any atom is -0.481 e. The summed E-state index contributed by atoms with van der Waals surface area (Å²) in [5.74, 6) is -1.80. The van der Waals surface area contributed by atoms with Crippen LogP contribution in [0.4, 0.5) is 14.9 Å². The highest BCUT2D eigenvalue weighted by Crippen LogP contribution is 2.22. The number of nitrogens with two attached hydrogens (primary N) is 1. The third-order valence-electron chi connectivity index (χ3n) is 2.44. The van der Waals surface area contributed by atoms with Crippen molar-refractivity contribution in [3.8, 4) is 0 Å². The number of carbonyl (C=O) groups is 2. The first kappa shape index (κ1) is 16.9. The molecule has 1 amide bonds. The fourth-order valence-electron chi connectivity index (χ4n) is 1.63. The van der Waals surface area contributed by atoms with Gasteiger partial charge < -0.3 is 15.6 Å². The second-order valence-corrected chi connectivity index (χ2v) is 5.57. The summed E-state index contributed by atoms with van der Waals surface area (Å²) in [6.45, 7) is 5.13. The van der Waals surface area contributed by atoms with Crippen LogP contribution in [0.3, 0.4) is 0 Å². The van der Waals surface area contributed by atoms with E-state index in [0.717, 1.165) is 6.07 Å². The van der Waals surface area contributed by atoms with Crippen molar-refractivity contribution >= 4 is 17.7 Å². The Morgan fingerprint density at radius 1 is 1.43 bits per heavy atom. The number of halogens is 1. The predicted octanol–water partition coefficient (Wildman–Crippen LogP) is 2.65. The SMILES string of the molecule is CC(C)(C)OC(=O)Nc1ccc(C(N)CC(=O)O)c(F)c1. The molecule has 0 spiro atoms. The van der Waals surface area contributed by atoms with Gasteiger partial charge in [-0.1, -0.05) is 6.07 Å². The van der Waals surface area contributed by atoms with Crippen molar-refractivity contribution < 1.29 is 23.8 Å². The fraction of sp³-hybridized carbons (Fsp3) is 0.429. The monoisotopic (exact) mass is 298 g/mol. The molecule has 4 N–H and O–H groups in total. The van der Waals surface area contributed by atoms with Crippen molar-refractivity contribution in [2.45, 2.75) is 38.8 Å². The van der Waals surface area contributed by atoms with Crippen LogP contribution in [0.15, 0.2) is 18.2 Å². The molecule has 0 saturated heterocycles. The van der Waals surface area contributed by atoms with Gasteiger partial charge in [-0.2, -0.15) is 0 Å². The van der Waals surface area contributed by atoms with Crippen molar-refractivity contribution in [1.29, 1.82) is 0 Å². The van der Waals surface area contributed by atoms with Crippen molar-refractivity contribution in [1.82, 2.24) is 0 Å². The lowest BCUT2D eigenvalue weighted by atomic mass is 10.0. The number of aliphatic carboxylic acids is 1. The molecule has 116 valence electrons. The Bertz CT molecular complexity index is 540. The number of carboxylic acid groups (broad SMARTS) is 1. The first-order chi connectivity index (χ1) is 9.58. The summed E-state index contributed by atoms with van der Waals surface area (Å²) >= 11 is 0. The van der Waals surface area contributed by atoms with Crippen LogP contribution in [0, 0.1) is 5.82 Å². The van der Waals surface area contributed by atoms with E-state index in [4.69, 9.17) is 15.6 Å². The van der Waals surface area contributed by atoms with Gasteiger partial charge in [0.1, 0.15) is 11.4 Å². The third kappa shape index (κ3) is 5.78. The average molecular weight is 298 g/mol. The maximum absolute atomic E-state index is 13.9. The van der Waals surface area contributed by atoms with Gasteiger partial charge >= 0.3 is 12.1 Å². The summed E-state index contributed by atoms with van der Waals surface area (Å²) in [5, 5.41) is 11.0. The van der Waals surface area contributed by atoms with Crippen molar-refractivity contribution in [3.05, 3.63) is 29.6 Å². The largest absolute Gasteiger partial charge is 0.481 e. The zero-order valence-electron chi connectivity index (χ0n) is 12.1.